The lowest BCUT2D eigenvalue weighted by Gasteiger charge is -2.19. The standard InChI is InChI=1S/C11H17NS/c1-5-13-10-8-6-7-9(2)11(10)12(3)4/h6-8H,5H2,1-4H3. The van der Waals surface area contributed by atoms with Crippen molar-refractivity contribution in [3.63, 3.8) is 0 Å². The largest absolute Gasteiger partial charge is 0.377 e. The van der Waals surface area contributed by atoms with Gasteiger partial charge in [-0.1, -0.05) is 19.1 Å². The van der Waals surface area contributed by atoms with E-state index >= 15 is 0 Å². The molecule has 0 bridgehead atoms. The molecule has 1 aromatic rings. The lowest BCUT2D eigenvalue weighted by atomic mass is 10.2. The Morgan fingerprint density at radius 1 is 1.31 bits per heavy atom. The van der Waals surface area contributed by atoms with Gasteiger partial charge in [-0.15, -0.1) is 11.8 Å². The summed E-state index contributed by atoms with van der Waals surface area (Å²) >= 11 is 1.90. The van der Waals surface area contributed by atoms with Gasteiger partial charge in [0.05, 0.1) is 5.69 Å². The summed E-state index contributed by atoms with van der Waals surface area (Å²) in [6, 6.07) is 6.48. The van der Waals surface area contributed by atoms with Gasteiger partial charge in [0.2, 0.25) is 0 Å². The first-order chi connectivity index (χ1) is 6.16. The molecule has 0 radical (unpaired) electrons. The van der Waals surface area contributed by atoms with Crippen LogP contribution in [0.1, 0.15) is 12.5 Å². The lowest BCUT2D eigenvalue weighted by Crippen LogP contribution is -2.11. The normalized spacial score (nSPS) is 10.2. The van der Waals surface area contributed by atoms with E-state index in [4.69, 9.17) is 0 Å². The number of para-hydroxylation sites is 1. The second kappa shape index (κ2) is 4.56. The molecule has 0 unspecified atom stereocenters. The number of thioether (sulfide) groups is 1. The first kappa shape index (κ1) is 10.5. The number of anilines is 1. The van der Waals surface area contributed by atoms with Crippen LogP contribution in [-0.2, 0) is 0 Å². The minimum Gasteiger partial charge on any atom is -0.377 e. The van der Waals surface area contributed by atoms with E-state index in [-0.39, 0.29) is 0 Å². The Labute approximate surface area is 85.1 Å². The van der Waals surface area contributed by atoms with Gasteiger partial charge in [0.1, 0.15) is 0 Å². The molecule has 1 rings (SSSR count). The zero-order valence-electron chi connectivity index (χ0n) is 8.79. The van der Waals surface area contributed by atoms with E-state index in [1.807, 2.05) is 11.8 Å². The molecule has 1 nitrogen and oxygen atoms in total. The van der Waals surface area contributed by atoms with Crippen LogP contribution < -0.4 is 4.90 Å². The predicted molar refractivity (Wildman–Crippen MR) is 61.9 cm³/mol. The van der Waals surface area contributed by atoms with E-state index in [9.17, 15) is 0 Å². The second-order valence-corrected chi connectivity index (χ2v) is 4.55. The molecule has 0 aromatic heterocycles. The molecule has 0 spiro atoms. The van der Waals surface area contributed by atoms with Gasteiger partial charge in [-0.3, -0.25) is 0 Å². The first-order valence-corrected chi connectivity index (χ1v) is 5.55. The summed E-state index contributed by atoms with van der Waals surface area (Å²) in [7, 11) is 4.20. The van der Waals surface area contributed by atoms with Gasteiger partial charge in [0.15, 0.2) is 0 Å². The zero-order valence-corrected chi connectivity index (χ0v) is 9.61. The van der Waals surface area contributed by atoms with Crippen LogP contribution in [0.25, 0.3) is 0 Å². The maximum Gasteiger partial charge on any atom is 0.0528 e. The molecule has 0 aliphatic carbocycles. The Hall–Kier alpha value is -0.630. The molecular formula is C11H17NS. The van der Waals surface area contributed by atoms with Crippen molar-refractivity contribution >= 4 is 17.4 Å². The maximum atomic E-state index is 2.19. The van der Waals surface area contributed by atoms with E-state index in [1.54, 1.807) is 0 Å². The van der Waals surface area contributed by atoms with Crippen molar-refractivity contribution in [3.05, 3.63) is 23.8 Å². The van der Waals surface area contributed by atoms with Crippen LogP contribution in [0.15, 0.2) is 23.1 Å². The molecule has 13 heavy (non-hydrogen) atoms. The third-order valence-corrected chi connectivity index (χ3v) is 2.88. The third kappa shape index (κ3) is 2.41. The average Bonchev–Trinajstić information content (AvgIpc) is 2.04. The Bertz CT molecular complexity index is 281. The first-order valence-electron chi connectivity index (χ1n) is 4.56. The quantitative estimate of drug-likeness (QED) is 0.682. The molecule has 0 N–H and O–H groups in total. The van der Waals surface area contributed by atoms with Crippen LogP contribution in [0.4, 0.5) is 5.69 Å². The molecule has 0 saturated heterocycles. The van der Waals surface area contributed by atoms with E-state index in [2.05, 4.69) is 51.0 Å². The van der Waals surface area contributed by atoms with Crippen molar-refractivity contribution in [2.45, 2.75) is 18.7 Å². The molecule has 0 aliphatic heterocycles. The van der Waals surface area contributed by atoms with Crippen LogP contribution in [-0.4, -0.2) is 19.8 Å². The Morgan fingerprint density at radius 2 is 2.00 bits per heavy atom. The van der Waals surface area contributed by atoms with Crippen molar-refractivity contribution in [3.8, 4) is 0 Å². The molecule has 0 amide bonds. The van der Waals surface area contributed by atoms with Gasteiger partial charge in [-0.05, 0) is 24.3 Å². The van der Waals surface area contributed by atoms with Crippen LogP contribution in [0, 0.1) is 6.92 Å². The van der Waals surface area contributed by atoms with Crippen molar-refractivity contribution < 1.29 is 0 Å². The highest BCUT2D eigenvalue weighted by Gasteiger charge is 2.06. The lowest BCUT2D eigenvalue weighted by molar-refractivity contribution is 1.08. The van der Waals surface area contributed by atoms with E-state index in [0.29, 0.717) is 0 Å². The highest BCUT2D eigenvalue weighted by Crippen LogP contribution is 2.31. The molecule has 0 heterocycles. The Morgan fingerprint density at radius 3 is 2.54 bits per heavy atom. The number of benzene rings is 1. The summed E-state index contributed by atoms with van der Waals surface area (Å²) < 4.78 is 0. The van der Waals surface area contributed by atoms with Crippen molar-refractivity contribution in [1.82, 2.24) is 0 Å². The molecule has 72 valence electrons. The molecule has 2 heteroatoms. The fourth-order valence-electron chi connectivity index (χ4n) is 1.48. The molecule has 1 aromatic carbocycles. The Balaban J connectivity index is 3.10. The summed E-state index contributed by atoms with van der Waals surface area (Å²) in [6.45, 7) is 4.35. The molecule has 0 aliphatic rings. The predicted octanol–water partition coefficient (Wildman–Crippen LogP) is 3.17. The second-order valence-electron chi connectivity index (χ2n) is 3.25. The van der Waals surface area contributed by atoms with Gasteiger partial charge >= 0.3 is 0 Å². The zero-order chi connectivity index (χ0) is 9.84. The number of rotatable bonds is 3. The van der Waals surface area contributed by atoms with Crippen molar-refractivity contribution in [1.29, 1.82) is 0 Å². The SMILES string of the molecule is CCSc1cccc(C)c1N(C)C. The van der Waals surface area contributed by atoms with Crippen LogP contribution in [0.3, 0.4) is 0 Å². The fraction of sp³-hybridized carbons (Fsp3) is 0.455. The summed E-state index contributed by atoms with van der Waals surface area (Å²) in [5, 5.41) is 0. The minimum atomic E-state index is 1.13. The van der Waals surface area contributed by atoms with E-state index in [1.165, 1.54) is 16.1 Å². The molecule has 0 atom stereocenters. The monoisotopic (exact) mass is 195 g/mol. The maximum absolute atomic E-state index is 2.19. The smallest absolute Gasteiger partial charge is 0.0528 e. The number of aryl methyl sites for hydroxylation is 1. The van der Waals surface area contributed by atoms with E-state index in [0.717, 1.165) is 5.75 Å². The van der Waals surface area contributed by atoms with Gasteiger partial charge < -0.3 is 4.90 Å². The average molecular weight is 195 g/mol. The van der Waals surface area contributed by atoms with Gasteiger partial charge in [0.25, 0.3) is 0 Å². The van der Waals surface area contributed by atoms with Crippen LogP contribution in [0.2, 0.25) is 0 Å². The number of hydrogen-bond acceptors (Lipinski definition) is 2. The summed E-state index contributed by atoms with van der Waals surface area (Å²) in [4.78, 5) is 3.57. The highest BCUT2D eigenvalue weighted by molar-refractivity contribution is 7.99. The highest BCUT2D eigenvalue weighted by atomic mass is 32.2. The van der Waals surface area contributed by atoms with Crippen LogP contribution in [0.5, 0.6) is 0 Å². The summed E-state index contributed by atoms with van der Waals surface area (Å²) in [6.07, 6.45) is 0. The summed E-state index contributed by atoms with van der Waals surface area (Å²) in [5.41, 5.74) is 2.71. The Kier molecular flexibility index (Phi) is 3.67. The number of hydrogen-bond donors (Lipinski definition) is 0. The van der Waals surface area contributed by atoms with Crippen molar-refractivity contribution in [2.75, 3.05) is 24.7 Å². The molecule has 0 saturated carbocycles. The molecule has 0 fully saturated rings. The minimum absolute atomic E-state index is 1.13. The fourth-order valence-corrected chi connectivity index (χ4v) is 2.44. The summed E-state index contributed by atoms with van der Waals surface area (Å²) in [5.74, 6) is 1.13. The van der Waals surface area contributed by atoms with Crippen molar-refractivity contribution in [2.24, 2.45) is 0 Å². The topological polar surface area (TPSA) is 3.24 Å². The van der Waals surface area contributed by atoms with Gasteiger partial charge in [0, 0.05) is 19.0 Å². The van der Waals surface area contributed by atoms with Gasteiger partial charge in [-0.2, -0.15) is 0 Å². The van der Waals surface area contributed by atoms with Gasteiger partial charge in [-0.25, -0.2) is 0 Å². The third-order valence-electron chi connectivity index (χ3n) is 1.95. The number of nitrogens with zero attached hydrogens (tertiary/aromatic N) is 1. The van der Waals surface area contributed by atoms with Crippen LogP contribution >= 0.6 is 11.8 Å². The molecular weight excluding hydrogens is 178 g/mol. The van der Waals surface area contributed by atoms with E-state index < -0.39 is 0 Å².